The summed E-state index contributed by atoms with van der Waals surface area (Å²) >= 11 is 25.0. The SMILES string of the molecule is O=C1c2ccccc2C(=O)c2c1cccc2N1CC(Cl)C(Cl)(Cl)[C@@]1(Cl)C(=O)O. The number of halogens is 4. The lowest BCUT2D eigenvalue weighted by Crippen LogP contribution is -2.56. The number of carboxylic acid groups (broad SMARTS) is 1. The fourth-order valence-electron chi connectivity index (χ4n) is 3.66. The summed E-state index contributed by atoms with van der Waals surface area (Å²) in [6.07, 6.45) is 0. The molecule has 0 spiro atoms. The highest BCUT2D eigenvalue weighted by Gasteiger charge is 2.68. The Balaban J connectivity index is 1.96. The number of hydrogen-bond donors (Lipinski definition) is 1. The van der Waals surface area contributed by atoms with Crippen molar-refractivity contribution >= 4 is 69.6 Å². The van der Waals surface area contributed by atoms with Gasteiger partial charge in [-0.3, -0.25) is 9.59 Å². The topological polar surface area (TPSA) is 74.7 Å². The standard InChI is InChI=1S/C19H11Cl4NO4/c20-13-8-24(19(23,17(27)28)18(13,21)22)12-7-3-6-11-14(12)16(26)10-5-2-1-4-9(10)15(11)25/h1-7,13H,8H2,(H,27,28)/t13?,19-/m1/s1. The molecule has 1 aliphatic heterocycles. The van der Waals surface area contributed by atoms with E-state index in [1.807, 2.05) is 0 Å². The molecule has 28 heavy (non-hydrogen) atoms. The second-order valence-electron chi connectivity index (χ2n) is 6.53. The van der Waals surface area contributed by atoms with Gasteiger partial charge in [0.1, 0.15) is 0 Å². The zero-order chi connectivity index (χ0) is 20.4. The smallest absolute Gasteiger partial charge is 0.348 e. The third-order valence-corrected chi connectivity index (χ3v) is 7.67. The Morgan fingerprint density at radius 2 is 1.54 bits per heavy atom. The van der Waals surface area contributed by atoms with Gasteiger partial charge in [-0.15, -0.1) is 11.6 Å². The van der Waals surface area contributed by atoms with Crippen molar-refractivity contribution in [1.82, 2.24) is 0 Å². The lowest BCUT2D eigenvalue weighted by atomic mass is 9.83. The minimum atomic E-state index is -2.34. The molecule has 1 N–H and O–H groups in total. The van der Waals surface area contributed by atoms with E-state index in [1.54, 1.807) is 24.3 Å². The van der Waals surface area contributed by atoms with E-state index in [-0.39, 0.29) is 40.3 Å². The van der Waals surface area contributed by atoms with E-state index in [4.69, 9.17) is 46.4 Å². The summed E-state index contributed by atoms with van der Waals surface area (Å²) in [6, 6.07) is 11.0. The number of aliphatic carboxylic acids is 1. The summed E-state index contributed by atoms with van der Waals surface area (Å²) in [4.78, 5) is 37.0. The van der Waals surface area contributed by atoms with Gasteiger partial charge in [-0.2, -0.15) is 0 Å². The van der Waals surface area contributed by atoms with Crippen LogP contribution < -0.4 is 4.90 Å². The van der Waals surface area contributed by atoms with Gasteiger partial charge in [0.25, 0.3) is 0 Å². The summed E-state index contributed by atoms with van der Waals surface area (Å²) in [6.45, 7) is -0.135. The molecule has 2 aromatic rings. The van der Waals surface area contributed by atoms with Crippen LogP contribution in [-0.4, -0.2) is 43.9 Å². The summed E-state index contributed by atoms with van der Waals surface area (Å²) in [7, 11) is 0. The highest BCUT2D eigenvalue weighted by atomic mass is 35.5. The number of ketones is 2. The molecule has 0 saturated carbocycles. The van der Waals surface area contributed by atoms with Crippen LogP contribution >= 0.6 is 46.4 Å². The quantitative estimate of drug-likeness (QED) is 0.462. The van der Waals surface area contributed by atoms with Crippen molar-refractivity contribution in [3.05, 3.63) is 64.7 Å². The monoisotopic (exact) mass is 457 g/mol. The lowest BCUT2D eigenvalue weighted by Gasteiger charge is -2.37. The molecule has 1 fully saturated rings. The molecule has 2 atom stereocenters. The van der Waals surface area contributed by atoms with Crippen LogP contribution in [0, 0.1) is 0 Å². The number of nitrogens with zero attached hydrogens (tertiary/aromatic N) is 1. The Labute approximate surface area is 179 Å². The van der Waals surface area contributed by atoms with Gasteiger partial charge in [0.2, 0.25) is 5.00 Å². The largest absolute Gasteiger partial charge is 0.478 e. The third kappa shape index (κ3) is 2.37. The van der Waals surface area contributed by atoms with Crippen molar-refractivity contribution in [3.63, 3.8) is 0 Å². The molecule has 2 aliphatic rings. The number of anilines is 1. The molecule has 144 valence electrons. The molecule has 0 bridgehead atoms. The van der Waals surface area contributed by atoms with Crippen molar-refractivity contribution in [3.8, 4) is 0 Å². The average molecular weight is 459 g/mol. The molecule has 4 rings (SSSR count). The van der Waals surface area contributed by atoms with Crippen LogP contribution in [0.5, 0.6) is 0 Å². The maximum Gasteiger partial charge on any atom is 0.348 e. The molecular weight excluding hydrogens is 448 g/mol. The second-order valence-corrected chi connectivity index (χ2v) is 8.99. The molecule has 0 radical (unpaired) electrons. The number of carboxylic acids is 1. The fraction of sp³-hybridized carbons (Fsp3) is 0.211. The predicted molar refractivity (Wildman–Crippen MR) is 107 cm³/mol. The Morgan fingerprint density at radius 3 is 2.14 bits per heavy atom. The van der Waals surface area contributed by atoms with E-state index in [0.717, 1.165) is 0 Å². The third-order valence-electron chi connectivity index (χ3n) is 5.05. The van der Waals surface area contributed by atoms with Crippen LogP contribution in [0.25, 0.3) is 0 Å². The molecule has 1 aliphatic carbocycles. The van der Waals surface area contributed by atoms with E-state index < -0.39 is 26.5 Å². The Bertz CT molecular complexity index is 1050. The van der Waals surface area contributed by atoms with Crippen molar-refractivity contribution in [2.75, 3.05) is 11.4 Å². The first kappa shape index (κ1) is 19.5. The van der Waals surface area contributed by atoms with Crippen molar-refractivity contribution in [2.45, 2.75) is 14.7 Å². The van der Waals surface area contributed by atoms with Crippen LogP contribution in [0.1, 0.15) is 31.8 Å². The fourth-order valence-corrected chi connectivity index (χ4v) is 4.81. The zero-order valence-electron chi connectivity index (χ0n) is 14.0. The molecule has 0 amide bonds. The van der Waals surface area contributed by atoms with Gasteiger partial charge in [-0.25, -0.2) is 4.79 Å². The van der Waals surface area contributed by atoms with E-state index >= 15 is 0 Å². The number of fused-ring (bicyclic) bond motifs is 2. The van der Waals surface area contributed by atoms with Crippen molar-refractivity contribution in [2.24, 2.45) is 0 Å². The number of carbonyl (C=O) groups excluding carboxylic acids is 2. The summed E-state index contributed by atoms with van der Waals surface area (Å²) in [5.74, 6) is -2.28. The summed E-state index contributed by atoms with van der Waals surface area (Å²) in [5, 5.41) is 8.74. The van der Waals surface area contributed by atoms with E-state index in [0.29, 0.717) is 0 Å². The molecular formula is C19H11Cl4NO4. The Morgan fingerprint density at radius 1 is 0.964 bits per heavy atom. The van der Waals surface area contributed by atoms with Crippen LogP contribution in [0.3, 0.4) is 0 Å². The summed E-state index contributed by atoms with van der Waals surface area (Å²) < 4.78 is -2.05. The highest BCUT2D eigenvalue weighted by Crippen LogP contribution is 2.54. The number of carbonyl (C=O) groups is 3. The zero-order valence-corrected chi connectivity index (χ0v) is 17.0. The van der Waals surface area contributed by atoms with E-state index in [2.05, 4.69) is 0 Å². The summed E-state index contributed by atoms with van der Waals surface area (Å²) in [5.41, 5.74) is 0.850. The van der Waals surface area contributed by atoms with Crippen molar-refractivity contribution in [1.29, 1.82) is 0 Å². The van der Waals surface area contributed by atoms with Gasteiger partial charge in [0.05, 0.1) is 16.6 Å². The first-order chi connectivity index (χ1) is 13.1. The number of hydrogen-bond acceptors (Lipinski definition) is 4. The van der Waals surface area contributed by atoms with E-state index in [1.165, 1.54) is 23.1 Å². The molecule has 1 unspecified atom stereocenters. The lowest BCUT2D eigenvalue weighted by molar-refractivity contribution is -0.140. The molecule has 2 aromatic carbocycles. The highest BCUT2D eigenvalue weighted by molar-refractivity contribution is 6.61. The van der Waals surface area contributed by atoms with Gasteiger partial charge >= 0.3 is 5.97 Å². The minimum Gasteiger partial charge on any atom is -0.478 e. The Kier molecular flexibility index (Phi) is 4.43. The van der Waals surface area contributed by atoms with Gasteiger partial charge in [0.15, 0.2) is 15.9 Å². The first-order valence-corrected chi connectivity index (χ1v) is 9.72. The van der Waals surface area contributed by atoms with Crippen LogP contribution in [-0.2, 0) is 4.79 Å². The van der Waals surface area contributed by atoms with Gasteiger partial charge in [-0.1, -0.05) is 71.2 Å². The molecule has 1 saturated heterocycles. The van der Waals surface area contributed by atoms with Crippen molar-refractivity contribution < 1.29 is 19.5 Å². The van der Waals surface area contributed by atoms with Gasteiger partial charge < -0.3 is 10.0 Å². The Hall–Kier alpha value is -1.79. The molecule has 5 nitrogen and oxygen atoms in total. The normalized spacial score (nSPS) is 25.4. The number of rotatable bonds is 2. The van der Waals surface area contributed by atoms with Gasteiger partial charge in [0, 0.05) is 23.2 Å². The molecule has 0 aromatic heterocycles. The maximum absolute atomic E-state index is 13.2. The maximum atomic E-state index is 13.2. The number of alkyl halides is 4. The van der Waals surface area contributed by atoms with Crippen LogP contribution in [0.2, 0.25) is 0 Å². The first-order valence-electron chi connectivity index (χ1n) is 8.15. The average Bonchev–Trinajstić information content (AvgIpc) is 2.86. The van der Waals surface area contributed by atoms with Crippen LogP contribution in [0.15, 0.2) is 42.5 Å². The van der Waals surface area contributed by atoms with E-state index in [9.17, 15) is 19.5 Å². The van der Waals surface area contributed by atoms with Crippen LogP contribution in [0.4, 0.5) is 5.69 Å². The number of benzene rings is 2. The minimum absolute atomic E-state index is 0.0485. The molecule has 9 heteroatoms. The second kappa shape index (κ2) is 6.36. The van der Waals surface area contributed by atoms with Gasteiger partial charge in [-0.05, 0) is 6.07 Å². The molecule has 1 heterocycles. The predicted octanol–water partition coefficient (Wildman–Crippen LogP) is 4.08.